The molecule has 4 rings (SSSR count). The summed E-state index contributed by atoms with van der Waals surface area (Å²) in [4.78, 5) is 24.1. The van der Waals surface area contributed by atoms with Crippen molar-refractivity contribution < 1.29 is 13.6 Å². The molecule has 0 unspecified atom stereocenters. The summed E-state index contributed by atoms with van der Waals surface area (Å²) in [5.74, 6) is -1.75. The third-order valence-corrected chi connectivity index (χ3v) is 4.83. The van der Waals surface area contributed by atoms with E-state index in [0.29, 0.717) is 10.6 Å². The van der Waals surface area contributed by atoms with Gasteiger partial charge < -0.3 is 5.73 Å². The highest BCUT2D eigenvalue weighted by molar-refractivity contribution is 6.32. The summed E-state index contributed by atoms with van der Waals surface area (Å²) in [5.41, 5.74) is 5.59. The Kier molecular flexibility index (Phi) is 4.76. The molecule has 2 N–H and O–H groups in total. The van der Waals surface area contributed by atoms with E-state index in [0.717, 1.165) is 17.0 Å². The molecule has 3 aromatic rings. The van der Waals surface area contributed by atoms with Crippen LogP contribution in [0.5, 0.6) is 0 Å². The highest BCUT2D eigenvalue weighted by Gasteiger charge is 2.36. The Balaban J connectivity index is 2.10. The standard InChI is InChI=1S/C19H13Cl2F2N5O/c1-2-27-18-12(3-9(20)8-26-18)16-15(4-10(21)7-25-16)28(19(27)29)17-13(22)5-11(24)6-14(17)23/h3-8H,2,24H2,1H3. The van der Waals surface area contributed by atoms with Gasteiger partial charge in [0.2, 0.25) is 0 Å². The van der Waals surface area contributed by atoms with Crippen molar-refractivity contribution in [2.75, 3.05) is 22.1 Å². The monoisotopic (exact) mass is 435 g/mol. The summed E-state index contributed by atoms with van der Waals surface area (Å²) in [6.07, 6.45) is 2.75. The lowest BCUT2D eigenvalue weighted by atomic mass is 10.1. The molecule has 6 nitrogen and oxygen atoms in total. The molecule has 29 heavy (non-hydrogen) atoms. The van der Waals surface area contributed by atoms with Gasteiger partial charge in [-0.1, -0.05) is 23.2 Å². The van der Waals surface area contributed by atoms with Gasteiger partial charge >= 0.3 is 6.03 Å². The van der Waals surface area contributed by atoms with Gasteiger partial charge in [0.25, 0.3) is 0 Å². The SMILES string of the molecule is CCN1C(=O)N(c2c(F)cc(N)cc2F)c2cc(Cl)cnc2-c2cc(Cl)cnc21. The molecule has 0 spiro atoms. The number of amides is 2. The first kappa shape index (κ1) is 19.4. The lowest BCUT2D eigenvalue weighted by molar-refractivity contribution is 0.253. The Morgan fingerprint density at radius 1 is 1.03 bits per heavy atom. The first-order valence-corrected chi connectivity index (χ1v) is 9.25. The number of fused-ring (bicyclic) bond motifs is 3. The zero-order valence-corrected chi connectivity index (χ0v) is 16.5. The number of anilines is 4. The summed E-state index contributed by atoms with van der Waals surface area (Å²) < 4.78 is 29.6. The molecular formula is C19H13Cl2F2N5O. The van der Waals surface area contributed by atoms with E-state index < -0.39 is 23.4 Å². The molecule has 0 radical (unpaired) electrons. The van der Waals surface area contributed by atoms with Crippen molar-refractivity contribution in [2.24, 2.45) is 0 Å². The second kappa shape index (κ2) is 7.13. The summed E-state index contributed by atoms with van der Waals surface area (Å²) in [7, 11) is 0. The number of rotatable bonds is 2. The Morgan fingerprint density at radius 3 is 2.31 bits per heavy atom. The van der Waals surface area contributed by atoms with Crippen molar-refractivity contribution in [3.63, 3.8) is 0 Å². The van der Waals surface area contributed by atoms with Gasteiger partial charge in [-0.25, -0.2) is 18.6 Å². The smallest absolute Gasteiger partial charge is 0.335 e. The van der Waals surface area contributed by atoms with Crippen LogP contribution < -0.4 is 15.5 Å². The first-order chi connectivity index (χ1) is 13.8. The van der Waals surface area contributed by atoms with Gasteiger partial charge in [0, 0.05) is 30.2 Å². The fourth-order valence-electron chi connectivity index (χ4n) is 3.24. The summed E-state index contributed by atoms with van der Waals surface area (Å²) in [5, 5.41) is 0.493. The lowest BCUT2D eigenvalue weighted by Crippen LogP contribution is -2.41. The van der Waals surface area contributed by atoms with Crippen LogP contribution in [0, 0.1) is 11.6 Å². The molecule has 1 aliphatic rings. The Hall–Kier alpha value is -2.97. The maximum atomic E-state index is 14.8. The highest BCUT2D eigenvalue weighted by Crippen LogP contribution is 2.45. The number of nitrogens with zero attached hydrogens (tertiary/aromatic N) is 4. The predicted molar refractivity (Wildman–Crippen MR) is 109 cm³/mol. The van der Waals surface area contributed by atoms with Gasteiger partial charge in [0.1, 0.15) is 11.5 Å². The first-order valence-electron chi connectivity index (χ1n) is 8.49. The predicted octanol–water partition coefficient (Wildman–Crippen LogP) is 5.41. The fraction of sp³-hybridized carbons (Fsp3) is 0.105. The van der Waals surface area contributed by atoms with Crippen molar-refractivity contribution in [3.05, 3.63) is 58.3 Å². The van der Waals surface area contributed by atoms with Crippen LogP contribution in [0.25, 0.3) is 11.3 Å². The van der Waals surface area contributed by atoms with E-state index in [1.54, 1.807) is 13.0 Å². The van der Waals surface area contributed by atoms with Crippen molar-refractivity contribution in [1.29, 1.82) is 0 Å². The van der Waals surface area contributed by atoms with Crippen LogP contribution in [0.15, 0.2) is 36.7 Å². The van der Waals surface area contributed by atoms with E-state index in [-0.39, 0.29) is 34.5 Å². The van der Waals surface area contributed by atoms with Crippen LogP contribution in [-0.2, 0) is 0 Å². The van der Waals surface area contributed by atoms with E-state index in [2.05, 4.69) is 9.97 Å². The zero-order chi connectivity index (χ0) is 20.9. The number of nitrogens with two attached hydrogens (primary N) is 1. The molecule has 2 amide bonds. The maximum Gasteiger partial charge on any atom is 0.335 e. The number of carbonyl (C=O) groups excluding carboxylic acids is 1. The molecule has 1 aliphatic heterocycles. The number of hydrogen-bond acceptors (Lipinski definition) is 4. The van der Waals surface area contributed by atoms with Crippen molar-refractivity contribution >= 4 is 52.1 Å². The van der Waals surface area contributed by atoms with Gasteiger partial charge in [0.15, 0.2) is 11.6 Å². The number of pyridine rings is 2. The van der Waals surface area contributed by atoms with E-state index in [1.807, 2.05) is 0 Å². The van der Waals surface area contributed by atoms with Crippen LogP contribution in [0.2, 0.25) is 10.0 Å². The topological polar surface area (TPSA) is 75.4 Å². The summed E-state index contributed by atoms with van der Waals surface area (Å²) >= 11 is 12.2. The number of urea groups is 1. The number of carbonyl (C=O) groups is 1. The minimum Gasteiger partial charge on any atom is -0.399 e. The molecule has 1 aromatic carbocycles. The van der Waals surface area contributed by atoms with Crippen molar-refractivity contribution in [1.82, 2.24) is 9.97 Å². The highest BCUT2D eigenvalue weighted by atomic mass is 35.5. The molecule has 3 heterocycles. The van der Waals surface area contributed by atoms with Gasteiger partial charge in [-0.05, 0) is 31.2 Å². The number of nitrogen functional groups attached to an aromatic ring is 1. The third kappa shape index (κ3) is 3.14. The normalized spacial score (nSPS) is 13.2. The molecule has 10 heteroatoms. The molecule has 0 fully saturated rings. The Morgan fingerprint density at radius 2 is 1.66 bits per heavy atom. The average Bonchev–Trinajstić information content (AvgIpc) is 2.74. The van der Waals surface area contributed by atoms with E-state index in [1.165, 1.54) is 23.4 Å². The molecule has 0 aliphatic carbocycles. The molecule has 0 saturated carbocycles. The van der Waals surface area contributed by atoms with Crippen LogP contribution in [-0.4, -0.2) is 22.5 Å². The average molecular weight is 436 g/mol. The minimum absolute atomic E-state index is 0.0892. The molecule has 2 aromatic heterocycles. The Bertz CT molecular complexity index is 1130. The minimum atomic E-state index is -1.00. The lowest BCUT2D eigenvalue weighted by Gasteiger charge is -2.28. The second-order valence-electron chi connectivity index (χ2n) is 6.24. The molecule has 0 saturated heterocycles. The molecule has 0 atom stereocenters. The number of halogens is 4. The van der Waals surface area contributed by atoms with Crippen molar-refractivity contribution in [2.45, 2.75) is 6.92 Å². The number of hydrogen-bond donors (Lipinski definition) is 1. The van der Waals surface area contributed by atoms with Crippen LogP contribution in [0.4, 0.5) is 36.5 Å². The van der Waals surface area contributed by atoms with Crippen LogP contribution in [0.1, 0.15) is 6.92 Å². The fourth-order valence-corrected chi connectivity index (χ4v) is 3.55. The van der Waals surface area contributed by atoms with Crippen molar-refractivity contribution in [3.8, 4) is 11.3 Å². The second-order valence-corrected chi connectivity index (χ2v) is 7.11. The Labute approximate surface area is 174 Å². The van der Waals surface area contributed by atoms with Gasteiger partial charge in [0.05, 0.1) is 21.4 Å². The largest absolute Gasteiger partial charge is 0.399 e. The molecular weight excluding hydrogens is 423 g/mol. The van der Waals surface area contributed by atoms with Gasteiger partial charge in [-0.15, -0.1) is 0 Å². The van der Waals surface area contributed by atoms with Crippen LogP contribution in [0.3, 0.4) is 0 Å². The van der Waals surface area contributed by atoms with Gasteiger partial charge in [-0.3, -0.25) is 14.8 Å². The molecule has 0 bridgehead atoms. The van der Waals surface area contributed by atoms with Crippen LogP contribution >= 0.6 is 23.2 Å². The maximum absolute atomic E-state index is 14.8. The van der Waals surface area contributed by atoms with E-state index in [9.17, 15) is 13.6 Å². The van der Waals surface area contributed by atoms with Gasteiger partial charge in [-0.2, -0.15) is 0 Å². The number of aromatic nitrogens is 2. The quantitative estimate of drug-likeness (QED) is 0.546. The number of benzene rings is 1. The summed E-state index contributed by atoms with van der Waals surface area (Å²) in [6.45, 7) is 1.89. The molecule has 148 valence electrons. The van der Waals surface area contributed by atoms with E-state index in [4.69, 9.17) is 28.9 Å². The zero-order valence-electron chi connectivity index (χ0n) is 15.0. The van der Waals surface area contributed by atoms with E-state index >= 15 is 0 Å². The summed E-state index contributed by atoms with van der Waals surface area (Å²) in [6, 6.07) is 4.13. The third-order valence-electron chi connectivity index (χ3n) is 4.42.